The predicted octanol–water partition coefficient (Wildman–Crippen LogP) is 5.12. The van der Waals surface area contributed by atoms with Gasteiger partial charge in [-0.05, 0) is 48.8 Å². The van der Waals surface area contributed by atoms with Crippen LogP contribution in [0.3, 0.4) is 0 Å². The van der Waals surface area contributed by atoms with Crippen LogP contribution in [0.15, 0.2) is 24.3 Å². The predicted molar refractivity (Wildman–Crippen MR) is 88.0 cm³/mol. The molecule has 1 saturated carbocycles. The van der Waals surface area contributed by atoms with E-state index >= 15 is 0 Å². The quantitative estimate of drug-likeness (QED) is 0.759. The Balaban J connectivity index is 2.06. The molecular weight excluding hydrogens is 242 g/mol. The van der Waals surface area contributed by atoms with E-state index in [1.807, 2.05) is 0 Å². The minimum Gasteiger partial charge on any atom is -0.310 e. The first-order valence-corrected chi connectivity index (χ1v) is 8.60. The van der Waals surface area contributed by atoms with Gasteiger partial charge in [-0.2, -0.15) is 0 Å². The molecule has 1 N–H and O–H groups in total. The second-order valence-electron chi connectivity index (χ2n) is 6.32. The standard InChI is InChI=1S/C19H31N/c1-4-15-7-11-17(12-8-15)19(20-6-3)18-13-9-16(5-2)10-14-18/h7-8,11-12,16,18-20H,4-6,9-10,13-14H2,1-3H3. The van der Waals surface area contributed by atoms with E-state index in [0.717, 1.165) is 24.8 Å². The fourth-order valence-corrected chi connectivity index (χ4v) is 3.67. The van der Waals surface area contributed by atoms with Crippen molar-refractivity contribution in [2.24, 2.45) is 11.8 Å². The van der Waals surface area contributed by atoms with Crippen molar-refractivity contribution < 1.29 is 0 Å². The molecule has 20 heavy (non-hydrogen) atoms. The largest absolute Gasteiger partial charge is 0.310 e. The van der Waals surface area contributed by atoms with Gasteiger partial charge in [0.05, 0.1) is 0 Å². The molecule has 2 rings (SSSR count). The van der Waals surface area contributed by atoms with Gasteiger partial charge in [-0.15, -0.1) is 0 Å². The lowest BCUT2D eigenvalue weighted by Crippen LogP contribution is -2.31. The molecule has 0 radical (unpaired) electrons. The Hall–Kier alpha value is -0.820. The number of hydrogen-bond acceptors (Lipinski definition) is 1. The first-order chi connectivity index (χ1) is 9.78. The van der Waals surface area contributed by atoms with Gasteiger partial charge in [0.15, 0.2) is 0 Å². The molecule has 112 valence electrons. The van der Waals surface area contributed by atoms with Gasteiger partial charge in [-0.1, -0.05) is 64.3 Å². The first-order valence-electron chi connectivity index (χ1n) is 8.60. The maximum absolute atomic E-state index is 3.74. The van der Waals surface area contributed by atoms with Gasteiger partial charge in [0, 0.05) is 6.04 Å². The Labute approximate surface area is 125 Å². The van der Waals surface area contributed by atoms with Crippen molar-refractivity contribution in [1.29, 1.82) is 0 Å². The number of nitrogens with one attached hydrogen (secondary N) is 1. The van der Waals surface area contributed by atoms with Crippen LogP contribution in [0, 0.1) is 11.8 Å². The van der Waals surface area contributed by atoms with Crippen molar-refractivity contribution in [2.45, 2.75) is 65.3 Å². The van der Waals surface area contributed by atoms with E-state index < -0.39 is 0 Å². The van der Waals surface area contributed by atoms with Crippen LogP contribution in [-0.4, -0.2) is 6.54 Å². The van der Waals surface area contributed by atoms with E-state index in [1.54, 1.807) is 0 Å². The fraction of sp³-hybridized carbons (Fsp3) is 0.684. The third-order valence-corrected chi connectivity index (χ3v) is 5.11. The van der Waals surface area contributed by atoms with E-state index in [9.17, 15) is 0 Å². The third-order valence-electron chi connectivity index (χ3n) is 5.11. The summed E-state index contributed by atoms with van der Waals surface area (Å²) in [6.07, 6.45) is 8.14. The summed E-state index contributed by atoms with van der Waals surface area (Å²) in [5.41, 5.74) is 2.93. The van der Waals surface area contributed by atoms with Crippen molar-refractivity contribution in [3.05, 3.63) is 35.4 Å². The van der Waals surface area contributed by atoms with Crippen LogP contribution in [0.4, 0.5) is 0 Å². The van der Waals surface area contributed by atoms with Crippen LogP contribution in [0.2, 0.25) is 0 Å². The number of hydrogen-bond donors (Lipinski definition) is 1. The highest BCUT2D eigenvalue weighted by Crippen LogP contribution is 2.37. The van der Waals surface area contributed by atoms with Crippen LogP contribution < -0.4 is 5.32 Å². The van der Waals surface area contributed by atoms with E-state index in [4.69, 9.17) is 0 Å². The summed E-state index contributed by atoms with van der Waals surface area (Å²) in [5, 5.41) is 3.74. The Morgan fingerprint density at radius 3 is 2.15 bits per heavy atom. The normalized spacial score (nSPS) is 24.6. The molecule has 0 aliphatic heterocycles. The molecule has 0 saturated heterocycles. The monoisotopic (exact) mass is 273 g/mol. The molecule has 1 nitrogen and oxygen atoms in total. The van der Waals surface area contributed by atoms with Gasteiger partial charge in [-0.25, -0.2) is 0 Å². The number of rotatable bonds is 6. The molecule has 0 amide bonds. The summed E-state index contributed by atoms with van der Waals surface area (Å²) in [4.78, 5) is 0. The lowest BCUT2D eigenvalue weighted by molar-refractivity contribution is 0.220. The van der Waals surface area contributed by atoms with Gasteiger partial charge >= 0.3 is 0 Å². The zero-order valence-corrected chi connectivity index (χ0v) is 13.5. The minimum absolute atomic E-state index is 0.559. The van der Waals surface area contributed by atoms with Crippen molar-refractivity contribution >= 4 is 0 Å². The highest BCUT2D eigenvalue weighted by molar-refractivity contribution is 5.25. The van der Waals surface area contributed by atoms with E-state index in [1.165, 1.54) is 43.2 Å². The van der Waals surface area contributed by atoms with Crippen LogP contribution in [0.1, 0.15) is 70.0 Å². The molecule has 0 aromatic heterocycles. The molecule has 1 aromatic carbocycles. The fourth-order valence-electron chi connectivity index (χ4n) is 3.67. The van der Waals surface area contributed by atoms with E-state index in [0.29, 0.717) is 6.04 Å². The molecule has 1 unspecified atom stereocenters. The summed E-state index contributed by atoms with van der Waals surface area (Å²) in [5.74, 6) is 1.81. The van der Waals surface area contributed by atoms with Crippen molar-refractivity contribution in [1.82, 2.24) is 5.32 Å². The lowest BCUT2D eigenvalue weighted by Gasteiger charge is -2.34. The molecular formula is C19H31N. The van der Waals surface area contributed by atoms with Crippen LogP contribution in [0.25, 0.3) is 0 Å². The summed E-state index contributed by atoms with van der Waals surface area (Å²) in [6, 6.07) is 9.86. The van der Waals surface area contributed by atoms with Gasteiger partial charge in [0.25, 0.3) is 0 Å². The van der Waals surface area contributed by atoms with Gasteiger partial charge in [-0.3, -0.25) is 0 Å². The maximum atomic E-state index is 3.74. The Kier molecular flexibility index (Phi) is 6.09. The number of benzene rings is 1. The molecule has 0 bridgehead atoms. The summed E-state index contributed by atoms with van der Waals surface area (Å²) in [6.45, 7) is 7.86. The number of aryl methyl sites for hydroxylation is 1. The molecule has 1 aliphatic rings. The summed E-state index contributed by atoms with van der Waals surface area (Å²) in [7, 11) is 0. The molecule has 1 fully saturated rings. The van der Waals surface area contributed by atoms with E-state index in [2.05, 4.69) is 50.4 Å². The van der Waals surface area contributed by atoms with Crippen molar-refractivity contribution in [2.75, 3.05) is 6.54 Å². The Bertz CT molecular complexity index is 373. The zero-order chi connectivity index (χ0) is 14.4. The molecule has 1 aromatic rings. The highest BCUT2D eigenvalue weighted by atomic mass is 14.9. The molecule has 1 heteroatoms. The van der Waals surface area contributed by atoms with Crippen LogP contribution in [-0.2, 0) is 6.42 Å². The molecule has 1 aliphatic carbocycles. The average molecular weight is 273 g/mol. The second-order valence-corrected chi connectivity index (χ2v) is 6.32. The van der Waals surface area contributed by atoms with Crippen molar-refractivity contribution in [3.8, 4) is 0 Å². The van der Waals surface area contributed by atoms with Gasteiger partial charge in [0.1, 0.15) is 0 Å². The topological polar surface area (TPSA) is 12.0 Å². The SMILES string of the molecule is CCNC(c1ccc(CC)cc1)C1CCC(CC)CC1. The van der Waals surface area contributed by atoms with Gasteiger partial charge < -0.3 is 5.32 Å². The lowest BCUT2D eigenvalue weighted by atomic mass is 9.76. The average Bonchev–Trinajstić information content (AvgIpc) is 2.53. The summed E-state index contributed by atoms with van der Waals surface area (Å²) >= 11 is 0. The third kappa shape index (κ3) is 3.85. The molecule has 0 heterocycles. The zero-order valence-electron chi connectivity index (χ0n) is 13.5. The van der Waals surface area contributed by atoms with E-state index in [-0.39, 0.29) is 0 Å². The minimum atomic E-state index is 0.559. The van der Waals surface area contributed by atoms with Crippen LogP contribution >= 0.6 is 0 Å². The maximum Gasteiger partial charge on any atom is 0.0348 e. The van der Waals surface area contributed by atoms with Gasteiger partial charge in [0.2, 0.25) is 0 Å². The highest BCUT2D eigenvalue weighted by Gasteiger charge is 2.27. The molecule has 0 spiro atoms. The van der Waals surface area contributed by atoms with Crippen LogP contribution in [0.5, 0.6) is 0 Å². The van der Waals surface area contributed by atoms with Crippen molar-refractivity contribution in [3.63, 3.8) is 0 Å². The Morgan fingerprint density at radius 2 is 1.65 bits per heavy atom. The smallest absolute Gasteiger partial charge is 0.0348 e. The second kappa shape index (κ2) is 7.83. The summed E-state index contributed by atoms with van der Waals surface area (Å²) < 4.78 is 0. The first kappa shape index (κ1) is 15.6. The Morgan fingerprint density at radius 1 is 1.00 bits per heavy atom. The molecule has 1 atom stereocenters.